The molecule has 0 saturated carbocycles. The van der Waals surface area contributed by atoms with E-state index in [1.165, 1.54) is 38.1 Å². The Morgan fingerprint density at radius 3 is 2.16 bits per heavy atom. The van der Waals surface area contributed by atoms with Crippen molar-refractivity contribution in [2.75, 3.05) is 6.61 Å². The topological polar surface area (TPSA) is 26.3 Å². The number of esters is 1. The van der Waals surface area contributed by atoms with Gasteiger partial charge in [-0.05, 0) is 13.3 Å². The first-order valence-corrected chi connectivity index (χ1v) is 9.99. The number of halogens is 2. The van der Waals surface area contributed by atoms with Gasteiger partial charge in [-0.1, -0.05) is 83.0 Å². The molecular weight excluding hydrogens is 388 g/mol. The molecule has 0 amide bonds. The van der Waals surface area contributed by atoms with Crippen molar-refractivity contribution in [2.45, 2.75) is 61.3 Å². The molecule has 5 heteroatoms. The molecule has 0 heterocycles. The number of alkyl halides is 2. The Morgan fingerprint density at radius 2 is 1.63 bits per heavy atom. The summed E-state index contributed by atoms with van der Waals surface area (Å²) in [4.78, 5) is 11.1. The van der Waals surface area contributed by atoms with Crippen molar-refractivity contribution in [1.29, 1.82) is 0 Å². The molecule has 2 radical (unpaired) electrons. The third-order valence-corrected chi connectivity index (χ3v) is 5.59. The Bertz CT molecular complexity index is 258. The Morgan fingerprint density at radius 1 is 1.11 bits per heavy atom. The Labute approximate surface area is 136 Å². The van der Waals surface area contributed by atoms with Gasteiger partial charge in [-0.3, -0.25) is 0 Å². The summed E-state index contributed by atoms with van der Waals surface area (Å²) in [5.41, 5.74) is 0.481. The Balaban J connectivity index is 3.11. The first-order valence-electron chi connectivity index (χ1n) is 6.88. The van der Waals surface area contributed by atoms with Crippen LogP contribution in [0, 0.1) is 0 Å². The van der Waals surface area contributed by atoms with Gasteiger partial charge in [0.05, 0.1) is 19.5 Å². The molecule has 0 N–H and O–H groups in total. The second-order valence-electron chi connectivity index (χ2n) is 4.65. The lowest BCUT2D eigenvalue weighted by atomic mass is 10.1. The number of hydrogen-bond acceptors (Lipinski definition) is 2. The van der Waals surface area contributed by atoms with Gasteiger partial charge >= 0.3 is 5.97 Å². The van der Waals surface area contributed by atoms with E-state index < -0.39 is 0 Å². The molecule has 0 fully saturated rings. The Kier molecular flexibility index (Phi) is 13.6. The van der Waals surface area contributed by atoms with Crippen LogP contribution in [0.4, 0.5) is 0 Å². The van der Waals surface area contributed by atoms with Gasteiger partial charge in [0.15, 0.2) is 0 Å². The van der Waals surface area contributed by atoms with Crippen LogP contribution in [0.15, 0.2) is 12.2 Å². The van der Waals surface area contributed by atoms with E-state index in [4.69, 9.17) is 4.74 Å². The summed E-state index contributed by atoms with van der Waals surface area (Å²) in [6.07, 6.45) is 8.65. The van der Waals surface area contributed by atoms with Crippen molar-refractivity contribution in [3.63, 3.8) is 0 Å². The van der Waals surface area contributed by atoms with Gasteiger partial charge in [0, 0.05) is 5.57 Å². The Hall–Kier alpha value is 0.387. The zero-order valence-electron chi connectivity index (χ0n) is 11.7. The van der Waals surface area contributed by atoms with Crippen LogP contribution in [0.1, 0.15) is 51.9 Å². The van der Waals surface area contributed by atoms with Crippen molar-refractivity contribution in [3.8, 4) is 0 Å². The molecule has 110 valence electrons. The molecular formula is C14H24Br2O2Si. The molecule has 0 aliphatic heterocycles. The van der Waals surface area contributed by atoms with Gasteiger partial charge in [0.25, 0.3) is 0 Å². The lowest BCUT2D eigenvalue weighted by Crippen LogP contribution is -2.05. The maximum Gasteiger partial charge on any atom is 0.333 e. The maximum atomic E-state index is 11.1. The number of carbonyl (C=O) groups is 1. The predicted octanol–water partition coefficient (Wildman–Crippen LogP) is 5.03. The van der Waals surface area contributed by atoms with E-state index in [1.54, 1.807) is 6.92 Å². The number of unbranched alkanes of at least 4 members (excludes halogenated alkanes) is 6. The van der Waals surface area contributed by atoms with Gasteiger partial charge in [0.1, 0.15) is 0 Å². The van der Waals surface area contributed by atoms with Crippen molar-refractivity contribution in [1.82, 2.24) is 0 Å². The summed E-state index contributed by atoms with van der Waals surface area (Å²) in [7, 11) is 0.974. The number of hydrogen-bond donors (Lipinski definition) is 0. The predicted molar refractivity (Wildman–Crippen MR) is 90.3 cm³/mol. The maximum absolute atomic E-state index is 11.1. The summed E-state index contributed by atoms with van der Waals surface area (Å²) in [5.74, 6) is -0.266. The molecule has 0 atom stereocenters. The molecule has 0 spiro atoms. The first-order chi connectivity index (χ1) is 9.04. The fourth-order valence-corrected chi connectivity index (χ4v) is 3.66. The number of carbonyl (C=O) groups excluding carboxylic acids is 1. The minimum Gasteiger partial charge on any atom is -0.462 e. The van der Waals surface area contributed by atoms with E-state index in [1.807, 2.05) is 0 Å². The van der Waals surface area contributed by atoms with Crippen LogP contribution in [0.3, 0.4) is 0 Å². The lowest BCUT2D eigenvalue weighted by Gasteiger charge is -2.04. The van der Waals surface area contributed by atoms with Crippen molar-refractivity contribution >= 4 is 47.3 Å². The van der Waals surface area contributed by atoms with E-state index in [0.29, 0.717) is 15.5 Å². The minimum absolute atomic E-state index is 0.266. The molecule has 0 aromatic rings. The van der Waals surface area contributed by atoms with Gasteiger partial charge in [-0.15, -0.1) is 0 Å². The summed E-state index contributed by atoms with van der Waals surface area (Å²) in [6, 6.07) is 1.32. The SMILES string of the molecule is C=C(C)C(=O)OCCCCCCCCC[Si]C(Br)Br. The van der Waals surface area contributed by atoms with Crippen LogP contribution in [0.25, 0.3) is 0 Å². The molecule has 0 aromatic carbocycles. The summed E-state index contributed by atoms with van der Waals surface area (Å²) < 4.78 is 5.54. The van der Waals surface area contributed by atoms with E-state index in [-0.39, 0.29) is 5.97 Å². The van der Waals surface area contributed by atoms with Crippen LogP contribution in [0.2, 0.25) is 6.04 Å². The first kappa shape index (κ1) is 19.4. The zero-order valence-corrected chi connectivity index (χ0v) is 15.9. The van der Waals surface area contributed by atoms with Crippen molar-refractivity contribution in [3.05, 3.63) is 12.2 Å². The highest BCUT2D eigenvalue weighted by Gasteiger charge is 2.02. The van der Waals surface area contributed by atoms with E-state index >= 15 is 0 Å². The van der Waals surface area contributed by atoms with Crippen molar-refractivity contribution < 1.29 is 9.53 Å². The third kappa shape index (κ3) is 14.6. The molecule has 19 heavy (non-hydrogen) atoms. The van der Waals surface area contributed by atoms with E-state index in [0.717, 1.165) is 22.4 Å². The fraction of sp³-hybridized carbons (Fsp3) is 0.786. The molecule has 2 nitrogen and oxygen atoms in total. The molecule has 0 unspecified atom stereocenters. The summed E-state index contributed by atoms with van der Waals surface area (Å²) in [6.45, 7) is 5.76. The fourth-order valence-electron chi connectivity index (χ4n) is 1.61. The van der Waals surface area contributed by atoms with Crippen LogP contribution in [-0.4, -0.2) is 25.5 Å². The number of rotatable bonds is 12. The van der Waals surface area contributed by atoms with Crippen LogP contribution >= 0.6 is 31.9 Å². The second kappa shape index (κ2) is 13.4. The summed E-state index contributed by atoms with van der Waals surface area (Å²) >= 11 is 7.00. The molecule has 0 aliphatic rings. The average molecular weight is 412 g/mol. The van der Waals surface area contributed by atoms with Gasteiger partial charge < -0.3 is 4.74 Å². The highest BCUT2D eigenvalue weighted by molar-refractivity contribution is 9.25. The molecule has 0 aliphatic carbocycles. The molecule has 0 saturated heterocycles. The highest BCUT2D eigenvalue weighted by Crippen LogP contribution is 2.12. The standard InChI is InChI=1S/C14H24Br2O2Si/c1-12(2)13(17)18-10-8-6-4-3-5-7-9-11-19-14(15)16/h14H,1,3-11H2,2H3. The smallest absolute Gasteiger partial charge is 0.333 e. The van der Waals surface area contributed by atoms with Crippen LogP contribution in [0.5, 0.6) is 0 Å². The largest absolute Gasteiger partial charge is 0.462 e. The van der Waals surface area contributed by atoms with Gasteiger partial charge in [-0.25, -0.2) is 4.79 Å². The summed E-state index contributed by atoms with van der Waals surface area (Å²) in [5, 5.41) is 0. The molecule has 0 rings (SSSR count). The number of ether oxygens (including phenoxy) is 1. The minimum atomic E-state index is -0.266. The average Bonchev–Trinajstić information content (AvgIpc) is 2.35. The van der Waals surface area contributed by atoms with E-state index in [2.05, 4.69) is 38.4 Å². The van der Waals surface area contributed by atoms with Gasteiger partial charge in [0.2, 0.25) is 0 Å². The van der Waals surface area contributed by atoms with Gasteiger partial charge in [-0.2, -0.15) is 0 Å². The molecule has 0 bridgehead atoms. The van der Waals surface area contributed by atoms with Crippen LogP contribution < -0.4 is 0 Å². The lowest BCUT2D eigenvalue weighted by molar-refractivity contribution is -0.139. The van der Waals surface area contributed by atoms with E-state index in [9.17, 15) is 4.79 Å². The zero-order chi connectivity index (χ0) is 14.5. The van der Waals surface area contributed by atoms with Crippen LogP contribution in [-0.2, 0) is 9.53 Å². The van der Waals surface area contributed by atoms with Crippen molar-refractivity contribution in [2.24, 2.45) is 0 Å². The highest BCUT2D eigenvalue weighted by atomic mass is 79.9. The quantitative estimate of drug-likeness (QED) is 0.148. The normalized spacial score (nSPS) is 10.7. The third-order valence-electron chi connectivity index (χ3n) is 2.70. The second-order valence-corrected chi connectivity index (χ2v) is 10.9. The molecule has 0 aromatic heterocycles. The monoisotopic (exact) mass is 410 g/mol.